The summed E-state index contributed by atoms with van der Waals surface area (Å²) in [5.74, 6) is 0.283. The molecule has 4 heterocycles. The Balaban J connectivity index is 1.54. The van der Waals surface area contributed by atoms with Crippen LogP contribution in [0, 0.1) is 13.8 Å². The molecular weight excluding hydrogens is 411 g/mol. The van der Waals surface area contributed by atoms with E-state index < -0.39 is 18.3 Å². The summed E-state index contributed by atoms with van der Waals surface area (Å²) in [7, 11) is 1.75. The number of rotatable bonds is 4. The molecule has 0 aliphatic carbocycles. The van der Waals surface area contributed by atoms with Gasteiger partial charge in [-0.1, -0.05) is 5.16 Å². The van der Waals surface area contributed by atoms with Crippen LogP contribution >= 0.6 is 11.3 Å². The molecule has 1 aliphatic heterocycles. The number of halogens is 1. The standard InChI is InChI=1S/C19H23FN6O3S/c1-9-16(10(2)29-25-9)19-24-14(8-30-19)18(27)23-13-6-22-26(3)17(13)15-5-4-12(21)11(20)7-28-15/h6,8,11-12,15H,4-5,7,21H2,1-3H3,(H,23,27)/t11-,12+,15-/m0/s1. The number of aromatic nitrogens is 4. The maximum atomic E-state index is 13.9. The molecule has 1 aliphatic rings. The minimum atomic E-state index is -1.21. The van der Waals surface area contributed by atoms with Crippen LogP contribution in [0.2, 0.25) is 0 Å². The Morgan fingerprint density at radius 1 is 1.40 bits per heavy atom. The number of ether oxygens (including phenoxy) is 1. The molecule has 0 spiro atoms. The van der Waals surface area contributed by atoms with Crippen molar-refractivity contribution >= 4 is 22.9 Å². The van der Waals surface area contributed by atoms with Crippen LogP contribution in [0.1, 0.15) is 46.6 Å². The van der Waals surface area contributed by atoms with Crippen LogP contribution in [-0.4, -0.2) is 44.6 Å². The van der Waals surface area contributed by atoms with E-state index in [1.807, 2.05) is 6.92 Å². The number of carbonyl (C=O) groups is 1. The highest BCUT2D eigenvalue weighted by molar-refractivity contribution is 7.13. The SMILES string of the molecule is Cc1noc(C)c1-c1nc(C(=O)Nc2cnn(C)c2[C@@H]2CC[C@@H](N)[C@@H](F)CO2)cs1. The van der Waals surface area contributed by atoms with Crippen molar-refractivity contribution in [1.82, 2.24) is 19.9 Å². The first-order valence-corrected chi connectivity index (χ1v) is 10.5. The number of carbonyl (C=O) groups excluding carboxylic acids is 1. The second-order valence-corrected chi connectivity index (χ2v) is 8.20. The second kappa shape index (κ2) is 8.25. The molecule has 3 N–H and O–H groups in total. The Labute approximate surface area is 176 Å². The molecule has 9 nitrogen and oxygen atoms in total. The third kappa shape index (κ3) is 3.87. The Morgan fingerprint density at radius 2 is 2.20 bits per heavy atom. The fourth-order valence-corrected chi connectivity index (χ4v) is 4.49. The summed E-state index contributed by atoms with van der Waals surface area (Å²) < 4.78 is 26.4. The fourth-order valence-electron chi connectivity index (χ4n) is 3.55. The topological polar surface area (TPSA) is 121 Å². The number of amides is 1. The Hall–Kier alpha value is -2.63. The van der Waals surface area contributed by atoms with Gasteiger partial charge in [0.2, 0.25) is 0 Å². The summed E-state index contributed by atoms with van der Waals surface area (Å²) in [6.45, 7) is 3.55. The monoisotopic (exact) mass is 434 g/mol. The van der Waals surface area contributed by atoms with E-state index in [0.717, 1.165) is 11.3 Å². The maximum Gasteiger partial charge on any atom is 0.275 e. The van der Waals surface area contributed by atoms with Gasteiger partial charge in [0.1, 0.15) is 28.7 Å². The van der Waals surface area contributed by atoms with E-state index in [1.54, 1.807) is 30.2 Å². The molecule has 4 rings (SSSR count). The van der Waals surface area contributed by atoms with Crippen molar-refractivity contribution < 1.29 is 18.4 Å². The van der Waals surface area contributed by atoms with Crippen molar-refractivity contribution in [2.75, 3.05) is 11.9 Å². The number of anilines is 1. The lowest BCUT2D eigenvalue weighted by atomic mass is 10.0. The van der Waals surface area contributed by atoms with Crippen molar-refractivity contribution in [3.8, 4) is 10.6 Å². The number of hydrogen-bond donors (Lipinski definition) is 2. The van der Waals surface area contributed by atoms with Gasteiger partial charge in [-0.3, -0.25) is 9.48 Å². The number of nitrogens with zero attached hydrogens (tertiary/aromatic N) is 4. The number of aryl methyl sites for hydroxylation is 3. The molecule has 0 radical (unpaired) electrons. The molecular formula is C19H23FN6O3S. The molecule has 3 atom stereocenters. The van der Waals surface area contributed by atoms with Gasteiger partial charge in [0.05, 0.1) is 35.4 Å². The molecule has 1 saturated heterocycles. The second-order valence-electron chi connectivity index (χ2n) is 7.34. The highest BCUT2D eigenvalue weighted by Gasteiger charge is 2.30. The van der Waals surface area contributed by atoms with E-state index in [-0.39, 0.29) is 18.2 Å². The zero-order valence-corrected chi connectivity index (χ0v) is 17.7. The summed E-state index contributed by atoms with van der Waals surface area (Å²) >= 11 is 1.34. The van der Waals surface area contributed by atoms with E-state index in [0.29, 0.717) is 35.0 Å². The molecule has 160 valence electrons. The van der Waals surface area contributed by atoms with Gasteiger partial charge >= 0.3 is 0 Å². The minimum absolute atomic E-state index is 0.0860. The number of nitrogens with two attached hydrogens (primary N) is 1. The average Bonchev–Trinajstić information content (AvgIpc) is 3.39. The Bertz CT molecular complexity index is 1030. The van der Waals surface area contributed by atoms with Crippen LogP contribution in [-0.2, 0) is 11.8 Å². The molecule has 0 saturated carbocycles. The first kappa shape index (κ1) is 20.6. The Kier molecular flexibility index (Phi) is 5.67. The summed E-state index contributed by atoms with van der Waals surface area (Å²) in [4.78, 5) is 17.3. The maximum absolute atomic E-state index is 13.9. The summed E-state index contributed by atoms with van der Waals surface area (Å²) in [6, 6.07) is -0.556. The first-order chi connectivity index (χ1) is 14.3. The summed E-state index contributed by atoms with van der Waals surface area (Å²) in [6.07, 6.45) is 0.955. The van der Waals surface area contributed by atoms with Gasteiger partial charge in [0.15, 0.2) is 0 Å². The molecule has 11 heteroatoms. The largest absolute Gasteiger partial charge is 0.369 e. The van der Waals surface area contributed by atoms with Crippen LogP contribution in [0.4, 0.5) is 10.1 Å². The summed E-state index contributed by atoms with van der Waals surface area (Å²) in [5, 5.41) is 13.4. The number of thiazole rings is 1. The van der Waals surface area contributed by atoms with Gasteiger partial charge < -0.3 is 20.3 Å². The van der Waals surface area contributed by atoms with E-state index in [1.165, 1.54) is 11.3 Å². The molecule has 0 aromatic carbocycles. The van der Waals surface area contributed by atoms with Crippen LogP contribution < -0.4 is 11.1 Å². The molecule has 1 fully saturated rings. The van der Waals surface area contributed by atoms with Gasteiger partial charge in [-0.2, -0.15) is 5.10 Å². The van der Waals surface area contributed by atoms with Crippen LogP contribution in [0.3, 0.4) is 0 Å². The lowest BCUT2D eigenvalue weighted by Gasteiger charge is -2.17. The van der Waals surface area contributed by atoms with Crippen molar-refractivity contribution in [2.45, 2.75) is 45.0 Å². The van der Waals surface area contributed by atoms with Crippen LogP contribution in [0.15, 0.2) is 16.1 Å². The zero-order chi connectivity index (χ0) is 21.4. The molecule has 3 aromatic heterocycles. The normalized spacial score (nSPS) is 22.1. The van der Waals surface area contributed by atoms with Crippen molar-refractivity contribution in [3.63, 3.8) is 0 Å². The highest BCUT2D eigenvalue weighted by atomic mass is 32.1. The molecule has 0 bridgehead atoms. The quantitative estimate of drug-likeness (QED) is 0.647. The number of hydrogen-bond acceptors (Lipinski definition) is 8. The van der Waals surface area contributed by atoms with Gasteiger partial charge in [0.25, 0.3) is 5.91 Å². The highest BCUT2D eigenvalue weighted by Crippen LogP contribution is 2.33. The van der Waals surface area contributed by atoms with Crippen molar-refractivity contribution in [3.05, 3.63) is 34.4 Å². The third-order valence-corrected chi connectivity index (χ3v) is 6.07. The average molecular weight is 434 g/mol. The van der Waals surface area contributed by atoms with Gasteiger partial charge in [-0.25, -0.2) is 9.37 Å². The lowest BCUT2D eigenvalue weighted by Crippen LogP contribution is -2.32. The van der Waals surface area contributed by atoms with Crippen LogP contribution in [0.5, 0.6) is 0 Å². The van der Waals surface area contributed by atoms with E-state index in [2.05, 4.69) is 20.6 Å². The number of nitrogens with one attached hydrogen (secondary N) is 1. The Morgan fingerprint density at radius 3 is 2.93 bits per heavy atom. The predicted molar refractivity (Wildman–Crippen MR) is 109 cm³/mol. The van der Waals surface area contributed by atoms with Gasteiger partial charge in [0, 0.05) is 18.5 Å². The van der Waals surface area contributed by atoms with E-state index in [4.69, 9.17) is 15.0 Å². The zero-order valence-electron chi connectivity index (χ0n) is 16.9. The first-order valence-electron chi connectivity index (χ1n) is 9.58. The summed E-state index contributed by atoms with van der Waals surface area (Å²) in [5.41, 5.74) is 8.79. The fraction of sp³-hybridized carbons (Fsp3) is 0.474. The molecule has 30 heavy (non-hydrogen) atoms. The van der Waals surface area contributed by atoms with Crippen molar-refractivity contribution in [1.29, 1.82) is 0 Å². The predicted octanol–water partition coefficient (Wildman–Crippen LogP) is 2.92. The van der Waals surface area contributed by atoms with Crippen LogP contribution in [0.25, 0.3) is 10.6 Å². The van der Waals surface area contributed by atoms with Gasteiger partial charge in [-0.15, -0.1) is 11.3 Å². The van der Waals surface area contributed by atoms with E-state index >= 15 is 0 Å². The number of alkyl halides is 1. The van der Waals surface area contributed by atoms with Gasteiger partial charge in [-0.05, 0) is 26.7 Å². The molecule has 3 aromatic rings. The molecule has 1 amide bonds. The third-order valence-electron chi connectivity index (χ3n) is 5.21. The smallest absolute Gasteiger partial charge is 0.275 e. The van der Waals surface area contributed by atoms with Crippen molar-refractivity contribution in [2.24, 2.45) is 12.8 Å². The lowest BCUT2D eigenvalue weighted by molar-refractivity contribution is 0.0247. The molecule has 0 unspecified atom stereocenters. The van der Waals surface area contributed by atoms with E-state index in [9.17, 15) is 9.18 Å². The minimum Gasteiger partial charge on any atom is -0.369 e.